The summed E-state index contributed by atoms with van der Waals surface area (Å²) in [5.41, 5.74) is 0.907. The van der Waals surface area contributed by atoms with E-state index in [0.717, 1.165) is 27.4 Å². The van der Waals surface area contributed by atoms with E-state index in [1.54, 1.807) is 18.4 Å². The number of ether oxygens (including phenoxy) is 1. The number of aliphatic carboxylic acids is 1. The Morgan fingerprint density at radius 1 is 1.40 bits per heavy atom. The molecule has 0 amide bonds. The second-order valence-electron chi connectivity index (χ2n) is 4.88. The van der Waals surface area contributed by atoms with Gasteiger partial charge in [-0.3, -0.25) is 4.79 Å². The van der Waals surface area contributed by atoms with Gasteiger partial charge >= 0.3 is 5.97 Å². The lowest BCUT2D eigenvalue weighted by Crippen LogP contribution is -2.23. The van der Waals surface area contributed by atoms with Crippen molar-refractivity contribution >= 4 is 27.5 Å². The Bertz CT molecular complexity index is 677. The van der Waals surface area contributed by atoms with E-state index in [1.807, 2.05) is 24.3 Å². The van der Waals surface area contributed by atoms with Crippen LogP contribution in [0.1, 0.15) is 23.8 Å². The van der Waals surface area contributed by atoms with Crippen LogP contribution in [0.2, 0.25) is 0 Å². The molecular weight excluding hydrogens is 274 g/mol. The third kappa shape index (κ3) is 2.29. The van der Waals surface area contributed by atoms with Gasteiger partial charge in [0.15, 0.2) is 0 Å². The molecule has 1 N–H and O–H groups in total. The first-order valence-electron chi connectivity index (χ1n) is 6.51. The number of carboxylic acids is 1. The number of aromatic nitrogens is 1. The summed E-state index contributed by atoms with van der Waals surface area (Å²) >= 11 is 1.57. The number of hydrogen-bond acceptors (Lipinski definition) is 4. The lowest BCUT2D eigenvalue weighted by Gasteiger charge is -2.22. The van der Waals surface area contributed by atoms with E-state index in [4.69, 9.17) is 4.74 Å². The first kappa shape index (κ1) is 13.1. The van der Waals surface area contributed by atoms with E-state index >= 15 is 0 Å². The molecule has 1 aromatic carbocycles. The number of methoxy groups -OCH3 is 1. The minimum atomic E-state index is -0.740. The highest BCUT2D eigenvalue weighted by molar-refractivity contribution is 7.18. The Hall–Kier alpha value is -1.88. The van der Waals surface area contributed by atoms with Crippen molar-refractivity contribution in [3.8, 4) is 5.75 Å². The van der Waals surface area contributed by atoms with Crippen LogP contribution in [0.25, 0.3) is 10.2 Å². The Morgan fingerprint density at radius 3 is 2.95 bits per heavy atom. The highest BCUT2D eigenvalue weighted by Crippen LogP contribution is 2.39. The predicted molar refractivity (Wildman–Crippen MR) is 78.4 cm³/mol. The maximum absolute atomic E-state index is 11.4. The lowest BCUT2D eigenvalue weighted by atomic mass is 9.83. The zero-order valence-corrected chi connectivity index (χ0v) is 11.9. The molecule has 0 saturated carbocycles. The fourth-order valence-electron chi connectivity index (χ4n) is 2.57. The van der Waals surface area contributed by atoms with Crippen LogP contribution in [0, 0.1) is 5.92 Å². The minimum absolute atomic E-state index is 0.0269. The van der Waals surface area contributed by atoms with Gasteiger partial charge in [0, 0.05) is 5.92 Å². The molecule has 5 heteroatoms. The summed E-state index contributed by atoms with van der Waals surface area (Å²) in [6.45, 7) is 0. The molecule has 0 aliphatic heterocycles. The van der Waals surface area contributed by atoms with Crippen LogP contribution in [0.4, 0.5) is 0 Å². The van der Waals surface area contributed by atoms with E-state index in [9.17, 15) is 9.90 Å². The summed E-state index contributed by atoms with van der Waals surface area (Å²) in [5, 5.41) is 10.3. The van der Waals surface area contributed by atoms with Gasteiger partial charge < -0.3 is 9.84 Å². The zero-order chi connectivity index (χ0) is 14.1. The van der Waals surface area contributed by atoms with E-state index < -0.39 is 5.97 Å². The molecule has 0 fully saturated rings. The highest BCUT2D eigenvalue weighted by Gasteiger charge is 2.32. The van der Waals surface area contributed by atoms with Gasteiger partial charge in [0.1, 0.15) is 5.75 Å². The van der Waals surface area contributed by atoms with E-state index in [1.165, 1.54) is 0 Å². The van der Waals surface area contributed by atoms with Crippen molar-refractivity contribution in [2.45, 2.75) is 18.8 Å². The Balaban J connectivity index is 2.00. The van der Waals surface area contributed by atoms with Gasteiger partial charge in [-0.25, -0.2) is 4.98 Å². The molecule has 2 unspecified atom stereocenters. The summed E-state index contributed by atoms with van der Waals surface area (Å²) in [6.07, 6.45) is 5.33. The normalized spacial score (nSPS) is 22.1. The molecule has 0 spiro atoms. The summed E-state index contributed by atoms with van der Waals surface area (Å²) in [6, 6.07) is 5.74. The summed E-state index contributed by atoms with van der Waals surface area (Å²) in [5.74, 6) is -0.342. The summed E-state index contributed by atoms with van der Waals surface area (Å²) in [7, 11) is 1.63. The highest BCUT2D eigenvalue weighted by atomic mass is 32.1. The zero-order valence-electron chi connectivity index (χ0n) is 11.1. The lowest BCUT2D eigenvalue weighted by molar-refractivity contribution is -0.142. The third-order valence-corrected chi connectivity index (χ3v) is 4.83. The largest absolute Gasteiger partial charge is 0.497 e. The molecule has 0 radical (unpaired) electrons. The molecule has 1 aliphatic carbocycles. The number of carboxylic acid groups (broad SMARTS) is 1. The Morgan fingerprint density at radius 2 is 2.20 bits per heavy atom. The number of thiazole rings is 1. The molecular formula is C15H15NO3S. The van der Waals surface area contributed by atoms with Crippen molar-refractivity contribution in [1.29, 1.82) is 0 Å². The van der Waals surface area contributed by atoms with E-state index in [-0.39, 0.29) is 11.8 Å². The van der Waals surface area contributed by atoms with Crippen molar-refractivity contribution < 1.29 is 14.6 Å². The molecule has 2 aromatic rings. The number of carbonyl (C=O) groups is 1. The van der Waals surface area contributed by atoms with Crippen molar-refractivity contribution in [1.82, 2.24) is 4.98 Å². The van der Waals surface area contributed by atoms with Gasteiger partial charge in [-0.05, 0) is 31.0 Å². The van der Waals surface area contributed by atoms with Gasteiger partial charge in [0.05, 0.1) is 28.3 Å². The number of rotatable bonds is 3. The third-order valence-electron chi connectivity index (χ3n) is 3.68. The molecule has 1 aromatic heterocycles. The van der Waals surface area contributed by atoms with Crippen LogP contribution in [0.3, 0.4) is 0 Å². The average Bonchev–Trinajstić information content (AvgIpc) is 2.89. The summed E-state index contributed by atoms with van der Waals surface area (Å²) in [4.78, 5) is 16.0. The molecule has 0 saturated heterocycles. The fraction of sp³-hybridized carbons (Fsp3) is 0.333. The van der Waals surface area contributed by atoms with Gasteiger partial charge in [-0.2, -0.15) is 0 Å². The van der Waals surface area contributed by atoms with Crippen molar-refractivity contribution in [3.05, 3.63) is 35.4 Å². The number of allylic oxidation sites excluding steroid dienone is 2. The molecule has 1 aliphatic rings. The van der Waals surface area contributed by atoms with Crippen molar-refractivity contribution in [3.63, 3.8) is 0 Å². The van der Waals surface area contributed by atoms with Crippen LogP contribution in [0.15, 0.2) is 30.4 Å². The molecule has 20 heavy (non-hydrogen) atoms. The standard InChI is InChI=1S/C15H15NO3S/c1-19-9-6-7-12-13(8-9)20-14(16-12)10-4-2-3-5-11(10)15(17)18/h2-3,6-8,10-11H,4-5H2,1H3,(H,17,18). The number of benzene rings is 1. The second-order valence-corrected chi connectivity index (χ2v) is 5.94. The SMILES string of the molecule is COc1ccc2nc(C3CC=CCC3C(=O)O)sc2c1. The molecule has 1 heterocycles. The number of nitrogens with zero attached hydrogens (tertiary/aromatic N) is 1. The Kier molecular flexibility index (Phi) is 3.44. The quantitative estimate of drug-likeness (QED) is 0.879. The Labute approximate surface area is 120 Å². The fourth-order valence-corrected chi connectivity index (χ4v) is 3.74. The van der Waals surface area contributed by atoms with E-state index in [2.05, 4.69) is 11.1 Å². The second kappa shape index (κ2) is 5.25. The minimum Gasteiger partial charge on any atom is -0.497 e. The molecule has 3 rings (SSSR count). The monoisotopic (exact) mass is 289 g/mol. The van der Waals surface area contributed by atoms with Gasteiger partial charge in [0.2, 0.25) is 0 Å². The topological polar surface area (TPSA) is 59.4 Å². The van der Waals surface area contributed by atoms with Crippen molar-refractivity contribution in [2.75, 3.05) is 7.11 Å². The summed E-state index contributed by atoms with van der Waals surface area (Å²) < 4.78 is 6.25. The number of fused-ring (bicyclic) bond motifs is 1. The molecule has 104 valence electrons. The first-order chi connectivity index (χ1) is 9.69. The average molecular weight is 289 g/mol. The first-order valence-corrected chi connectivity index (χ1v) is 7.33. The molecule has 4 nitrogen and oxygen atoms in total. The van der Waals surface area contributed by atoms with Crippen molar-refractivity contribution in [2.24, 2.45) is 5.92 Å². The van der Waals surface area contributed by atoms with Crippen LogP contribution >= 0.6 is 11.3 Å². The van der Waals surface area contributed by atoms with E-state index in [0.29, 0.717) is 6.42 Å². The number of hydrogen-bond donors (Lipinski definition) is 1. The maximum Gasteiger partial charge on any atom is 0.307 e. The van der Waals surface area contributed by atoms with Gasteiger partial charge in [-0.1, -0.05) is 12.2 Å². The van der Waals surface area contributed by atoms with Crippen LogP contribution in [-0.4, -0.2) is 23.2 Å². The molecule has 2 atom stereocenters. The van der Waals surface area contributed by atoms with Gasteiger partial charge in [-0.15, -0.1) is 11.3 Å². The van der Waals surface area contributed by atoms with Crippen LogP contribution in [0.5, 0.6) is 5.75 Å². The smallest absolute Gasteiger partial charge is 0.307 e. The van der Waals surface area contributed by atoms with Crippen LogP contribution in [-0.2, 0) is 4.79 Å². The maximum atomic E-state index is 11.4. The van der Waals surface area contributed by atoms with Crippen LogP contribution < -0.4 is 4.74 Å². The van der Waals surface area contributed by atoms with Gasteiger partial charge in [0.25, 0.3) is 0 Å². The predicted octanol–water partition coefficient (Wildman–Crippen LogP) is 3.44. The molecule has 0 bridgehead atoms.